The van der Waals surface area contributed by atoms with Crippen molar-refractivity contribution in [3.63, 3.8) is 0 Å². The van der Waals surface area contributed by atoms with E-state index in [1.165, 1.54) is 0 Å². The maximum Gasteiger partial charge on any atom is 0.309 e. The van der Waals surface area contributed by atoms with E-state index in [-0.39, 0.29) is 11.6 Å². The topological polar surface area (TPSA) is 35.5 Å². The quantitative estimate of drug-likeness (QED) is 0.656. The van der Waals surface area contributed by atoms with E-state index in [1.54, 1.807) is 7.11 Å². The fraction of sp³-hybridized carbons (Fsp3) is 0.909. The number of hydrogen-bond donors (Lipinski definition) is 0. The average Bonchev–Trinajstić information content (AvgIpc) is 1.93. The third-order valence-electron chi connectivity index (χ3n) is 2.58. The van der Waals surface area contributed by atoms with Gasteiger partial charge in [0, 0.05) is 7.11 Å². The summed E-state index contributed by atoms with van der Waals surface area (Å²) in [6, 6.07) is 0. The zero-order valence-corrected chi connectivity index (χ0v) is 9.55. The number of methoxy groups -OCH3 is 1. The molecule has 0 aromatic heterocycles. The molecule has 0 atom stereocenters. The van der Waals surface area contributed by atoms with Gasteiger partial charge < -0.3 is 9.47 Å². The first-order chi connectivity index (χ1) is 6.37. The van der Waals surface area contributed by atoms with Crippen LogP contribution in [0.25, 0.3) is 0 Å². The van der Waals surface area contributed by atoms with Gasteiger partial charge in [-0.1, -0.05) is 0 Å². The SMILES string of the molecule is COC1(CC(=O)OC(C)(C)C)CCC1. The largest absolute Gasteiger partial charge is 0.460 e. The lowest BCUT2D eigenvalue weighted by Crippen LogP contribution is -2.42. The molecule has 1 aliphatic rings. The van der Waals surface area contributed by atoms with Crippen LogP contribution < -0.4 is 0 Å². The Bertz CT molecular complexity index is 206. The van der Waals surface area contributed by atoms with Crippen molar-refractivity contribution in [2.24, 2.45) is 0 Å². The van der Waals surface area contributed by atoms with Crippen molar-refractivity contribution < 1.29 is 14.3 Å². The third kappa shape index (κ3) is 2.98. The average molecular weight is 200 g/mol. The third-order valence-corrected chi connectivity index (χ3v) is 2.58. The van der Waals surface area contributed by atoms with E-state index < -0.39 is 5.60 Å². The lowest BCUT2D eigenvalue weighted by molar-refractivity contribution is -0.166. The molecular formula is C11H20O3. The minimum Gasteiger partial charge on any atom is -0.460 e. The summed E-state index contributed by atoms with van der Waals surface area (Å²) in [6.45, 7) is 5.64. The zero-order valence-electron chi connectivity index (χ0n) is 9.55. The molecule has 0 amide bonds. The Morgan fingerprint density at radius 3 is 2.21 bits per heavy atom. The molecule has 0 saturated heterocycles. The molecule has 0 aromatic carbocycles. The van der Waals surface area contributed by atoms with Gasteiger partial charge in [0.15, 0.2) is 0 Å². The van der Waals surface area contributed by atoms with E-state index in [0.29, 0.717) is 6.42 Å². The monoisotopic (exact) mass is 200 g/mol. The summed E-state index contributed by atoms with van der Waals surface area (Å²) in [4.78, 5) is 11.5. The molecule has 3 heteroatoms. The van der Waals surface area contributed by atoms with Gasteiger partial charge in [-0.15, -0.1) is 0 Å². The van der Waals surface area contributed by atoms with Crippen LogP contribution in [-0.4, -0.2) is 24.3 Å². The molecule has 1 rings (SSSR count). The number of hydrogen-bond acceptors (Lipinski definition) is 3. The number of esters is 1. The lowest BCUT2D eigenvalue weighted by atomic mass is 9.77. The van der Waals surface area contributed by atoms with Crippen molar-refractivity contribution in [3.05, 3.63) is 0 Å². The normalized spacial score (nSPS) is 20.0. The zero-order chi connectivity index (χ0) is 10.8. The van der Waals surface area contributed by atoms with Gasteiger partial charge in [0.05, 0.1) is 12.0 Å². The Morgan fingerprint density at radius 1 is 1.36 bits per heavy atom. The summed E-state index contributed by atoms with van der Waals surface area (Å²) in [6.07, 6.45) is 3.49. The van der Waals surface area contributed by atoms with Gasteiger partial charge in [0.1, 0.15) is 5.60 Å². The highest BCUT2D eigenvalue weighted by atomic mass is 16.6. The number of carbonyl (C=O) groups excluding carboxylic acids is 1. The number of carbonyl (C=O) groups is 1. The summed E-state index contributed by atoms with van der Waals surface area (Å²) in [5.74, 6) is -0.154. The first-order valence-electron chi connectivity index (χ1n) is 5.14. The Balaban J connectivity index is 2.40. The second-order valence-electron chi connectivity index (χ2n) is 5.00. The highest BCUT2D eigenvalue weighted by molar-refractivity contribution is 5.71. The van der Waals surface area contributed by atoms with Crippen LogP contribution in [0.1, 0.15) is 46.5 Å². The number of rotatable bonds is 3. The maximum atomic E-state index is 11.5. The van der Waals surface area contributed by atoms with E-state index in [1.807, 2.05) is 20.8 Å². The molecule has 0 heterocycles. The Kier molecular flexibility index (Phi) is 3.20. The standard InChI is InChI=1S/C11H20O3/c1-10(2,3)14-9(12)8-11(13-4)6-5-7-11/h5-8H2,1-4H3. The van der Waals surface area contributed by atoms with Crippen molar-refractivity contribution in [2.45, 2.75) is 57.7 Å². The predicted octanol–water partition coefficient (Wildman–Crippen LogP) is 2.29. The lowest BCUT2D eigenvalue weighted by Gasteiger charge is -2.40. The molecule has 0 aliphatic heterocycles. The molecule has 14 heavy (non-hydrogen) atoms. The van der Waals surface area contributed by atoms with Crippen LogP contribution >= 0.6 is 0 Å². The van der Waals surface area contributed by atoms with E-state index in [4.69, 9.17) is 9.47 Å². The van der Waals surface area contributed by atoms with Crippen molar-refractivity contribution >= 4 is 5.97 Å². The molecule has 0 aromatic rings. The van der Waals surface area contributed by atoms with E-state index >= 15 is 0 Å². The smallest absolute Gasteiger partial charge is 0.309 e. The van der Waals surface area contributed by atoms with Crippen LogP contribution in [0.5, 0.6) is 0 Å². The minimum atomic E-state index is -0.393. The fourth-order valence-corrected chi connectivity index (χ4v) is 1.66. The Labute approximate surface area is 85.8 Å². The van der Waals surface area contributed by atoms with Crippen LogP contribution in [-0.2, 0) is 14.3 Å². The van der Waals surface area contributed by atoms with Crippen LogP contribution in [0, 0.1) is 0 Å². The van der Waals surface area contributed by atoms with Gasteiger partial charge >= 0.3 is 5.97 Å². The van der Waals surface area contributed by atoms with E-state index in [9.17, 15) is 4.79 Å². The second-order valence-corrected chi connectivity index (χ2v) is 5.00. The van der Waals surface area contributed by atoms with Crippen molar-refractivity contribution in [2.75, 3.05) is 7.11 Å². The molecular weight excluding hydrogens is 180 g/mol. The van der Waals surface area contributed by atoms with E-state index in [0.717, 1.165) is 19.3 Å². The maximum absolute atomic E-state index is 11.5. The van der Waals surface area contributed by atoms with Crippen LogP contribution in [0.2, 0.25) is 0 Å². The summed E-state index contributed by atoms with van der Waals surface area (Å²) in [7, 11) is 1.67. The summed E-state index contributed by atoms with van der Waals surface area (Å²) < 4.78 is 10.6. The number of ether oxygens (including phenoxy) is 2. The summed E-state index contributed by atoms with van der Waals surface area (Å²) in [5.41, 5.74) is -0.613. The van der Waals surface area contributed by atoms with Crippen molar-refractivity contribution in [3.8, 4) is 0 Å². The second kappa shape index (κ2) is 3.89. The van der Waals surface area contributed by atoms with Crippen LogP contribution in [0.4, 0.5) is 0 Å². The van der Waals surface area contributed by atoms with Crippen LogP contribution in [0.3, 0.4) is 0 Å². The molecule has 0 spiro atoms. The molecule has 1 fully saturated rings. The Morgan fingerprint density at radius 2 is 1.93 bits per heavy atom. The van der Waals surface area contributed by atoms with Gasteiger partial charge in [-0.05, 0) is 40.0 Å². The van der Waals surface area contributed by atoms with Gasteiger partial charge in [0.2, 0.25) is 0 Å². The molecule has 82 valence electrons. The minimum absolute atomic E-state index is 0.154. The predicted molar refractivity (Wildman–Crippen MR) is 54.1 cm³/mol. The molecule has 0 unspecified atom stereocenters. The molecule has 0 N–H and O–H groups in total. The summed E-state index contributed by atoms with van der Waals surface area (Å²) in [5, 5.41) is 0. The molecule has 1 saturated carbocycles. The van der Waals surface area contributed by atoms with Gasteiger partial charge in [-0.25, -0.2) is 0 Å². The van der Waals surface area contributed by atoms with Crippen molar-refractivity contribution in [1.82, 2.24) is 0 Å². The van der Waals surface area contributed by atoms with E-state index in [2.05, 4.69) is 0 Å². The van der Waals surface area contributed by atoms with Crippen molar-refractivity contribution in [1.29, 1.82) is 0 Å². The molecule has 1 aliphatic carbocycles. The first-order valence-corrected chi connectivity index (χ1v) is 5.14. The molecule has 0 radical (unpaired) electrons. The van der Waals surface area contributed by atoms with Crippen LogP contribution in [0.15, 0.2) is 0 Å². The highest BCUT2D eigenvalue weighted by Crippen LogP contribution is 2.38. The molecule has 0 bridgehead atoms. The first kappa shape index (κ1) is 11.5. The highest BCUT2D eigenvalue weighted by Gasteiger charge is 2.40. The Hall–Kier alpha value is -0.570. The summed E-state index contributed by atoms with van der Waals surface area (Å²) >= 11 is 0. The van der Waals surface area contributed by atoms with Gasteiger partial charge in [0.25, 0.3) is 0 Å². The molecule has 3 nitrogen and oxygen atoms in total. The fourth-order valence-electron chi connectivity index (χ4n) is 1.66. The van der Waals surface area contributed by atoms with Gasteiger partial charge in [-0.2, -0.15) is 0 Å². The van der Waals surface area contributed by atoms with Gasteiger partial charge in [-0.3, -0.25) is 4.79 Å².